The van der Waals surface area contributed by atoms with Crippen LogP contribution in [0.25, 0.3) is 0 Å². The van der Waals surface area contributed by atoms with E-state index in [9.17, 15) is 4.79 Å². The Morgan fingerprint density at radius 2 is 1.75 bits per heavy atom. The maximum absolute atomic E-state index is 11.1. The zero-order chi connectivity index (χ0) is 15.0. The summed E-state index contributed by atoms with van der Waals surface area (Å²) in [5.74, 6) is -0.936. The van der Waals surface area contributed by atoms with Crippen LogP contribution in [0.15, 0.2) is 0 Å². The van der Waals surface area contributed by atoms with E-state index in [2.05, 4.69) is 23.9 Å². The van der Waals surface area contributed by atoms with Crippen LogP contribution in [0.4, 0.5) is 0 Å². The van der Waals surface area contributed by atoms with E-state index in [1.807, 2.05) is 6.92 Å². The molecule has 118 valence electrons. The SMILES string of the molecule is CC(CN(CCCN(C)C)C1CCCCCC1)C(=O)O. The van der Waals surface area contributed by atoms with E-state index in [0.29, 0.717) is 12.6 Å². The van der Waals surface area contributed by atoms with Crippen molar-refractivity contribution in [3.8, 4) is 0 Å². The van der Waals surface area contributed by atoms with E-state index < -0.39 is 5.97 Å². The van der Waals surface area contributed by atoms with Gasteiger partial charge in [-0.3, -0.25) is 9.69 Å². The van der Waals surface area contributed by atoms with Crippen LogP contribution in [-0.4, -0.2) is 60.6 Å². The molecule has 0 amide bonds. The average Bonchev–Trinajstić information content (AvgIpc) is 2.65. The molecule has 1 unspecified atom stereocenters. The topological polar surface area (TPSA) is 43.8 Å². The minimum atomic E-state index is -0.670. The van der Waals surface area contributed by atoms with Crippen molar-refractivity contribution in [1.29, 1.82) is 0 Å². The third-order valence-electron chi connectivity index (χ3n) is 4.32. The molecule has 0 heterocycles. The van der Waals surface area contributed by atoms with E-state index in [1.54, 1.807) is 0 Å². The minimum absolute atomic E-state index is 0.266. The summed E-state index contributed by atoms with van der Waals surface area (Å²) in [6, 6.07) is 0.599. The molecule has 0 aromatic carbocycles. The molecule has 0 spiro atoms. The molecule has 1 rings (SSSR count). The van der Waals surface area contributed by atoms with Gasteiger partial charge in [0.15, 0.2) is 0 Å². The van der Waals surface area contributed by atoms with Crippen LogP contribution in [0.2, 0.25) is 0 Å². The lowest BCUT2D eigenvalue weighted by Crippen LogP contribution is -2.41. The predicted octanol–water partition coefficient (Wildman–Crippen LogP) is 2.68. The molecule has 4 nitrogen and oxygen atoms in total. The van der Waals surface area contributed by atoms with Gasteiger partial charge in [-0.05, 0) is 46.4 Å². The molecule has 20 heavy (non-hydrogen) atoms. The normalized spacial score (nSPS) is 19.2. The van der Waals surface area contributed by atoms with Crippen molar-refractivity contribution >= 4 is 5.97 Å². The molecule has 0 bridgehead atoms. The van der Waals surface area contributed by atoms with Crippen molar-refractivity contribution in [2.24, 2.45) is 5.92 Å². The van der Waals surface area contributed by atoms with Crippen LogP contribution in [0.3, 0.4) is 0 Å². The first-order valence-electron chi connectivity index (χ1n) is 8.12. The molecular formula is C16H32N2O2. The first kappa shape index (κ1) is 17.4. The van der Waals surface area contributed by atoms with Crippen LogP contribution in [0, 0.1) is 5.92 Å². The lowest BCUT2D eigenvalue weighted by Gasteiger charge is -2.32. The van der Waals surface area contributed by atoms with E-state index in [1.165, 1.54) is 38.5 Å². The lowest BCUT2D eigenvalue weighted by atomic mass is 10.0. The Morgan fingerprint density at radius 1 is 1.15 bits per heavy atom. The third kappa shape index (κ3) is 6.71. The van der Waals surface area contributed by atoms with Gasteiger partial charge in [-0.1, -0.05) is 32.6 Å². The number of hydrogen-bond acceptors (Lipinski definition) is 3. The van der Waals surface area contributed by atoms with Gasteiger partial charge in [-0.2, -0.15) is 0 Å². The number of carbonyl (C=O) groups is 1. The van der Waals surface area contributed by atoms with Gasteiger partial charge in [-0.25, -0.2) is 0 Å². The van der Waals surface area contributed by atoms with Crippen LogP contribution in [0.5, 0.6) is 0 Å². The molecule has 0 aliphatic heterocycles. The summed E-state index contributed by atoms with van der Waals surface area (Å²) in [6.45, 7) is 4.64. The van der Waals surface area contributed by atoms with E-state index in [4.69, 9.17) is 5.11 Å². The highest BCUT2D eigenvalue weighted by atomic mass is 16.4. The Bertz CT molecular complexity index is 274. The largest absolute Gasteiger partial charge is 0.481 e. The van der Waals surface area contributed by atoms with Gasteiger partial charge in [0.05, 0.1) is 5.92 Å². The third-order valence-corrected chi connectivity index (χ3v) is 4.32. The van der Waals surface area contributed by atoms with Crippen LogP contribution >= 0.6 is 0 Å². The van der Waals surface area contributed by atoms with Crippen molar-refractivity contribution < 1.29 is 9.90 Å². The maximum atomic E-state index is 11.1. The van der Waals surface area contributed by atoms with Gasteiger partial charge in [0, 0.05) is 12.6 Å². The van der Waals surface area contributed by atoms with Crippen molar-refractivity contribution in [3.63, 3.8) is 0 Å². The minimum Gasteiger partial charge on any atom is -0.481 e. The summed E-state index contributed by atoms with van der Waals surface area (Å²) in [5.41, 5.74) is 0. The summed E-state index contributed by atoms with van der Waals surface area (Å²) in [5, 5.41) is 9.16. The second kappa shape index (κ2) is 9.35. The molecule has 1 saturated carbocycles. The molecule has 0 saturated heterocycles. The average molecular weight is 284 g/mol. The smallest absolute Gasteiger partial charge is 0.307 e. The number of hydrogen-bond donors (Lipinski definition) is 1. The zero-order valence-corrected chi connectivity index (χ0v) is 13.5. The van der Waals surface area contributed by atoms with Gasteiger partial charge < -0.3 is 10.0 Å². The Hall–Kier alpha value is -0.610. The van der Waals surface area contributed by atoms with E-state index in [-0.39, 0.29) is 5.92 Å². The summed E-state index contributed by atoms with van der Waals surface area (Å²) in [4.78, 5) is 15.8. The van der Waals surface area contributed by atoms with Crippen LogP contribution in [0.1, 0.15) is 51.9 Å². The quantitative estimate of drug-likeness (QED) is 0.696. The fraction of sp³-hybridized carbons (Fsp3) is 0.938. The van der Waals surface area contributed by atoms with E-state index in [0.717, 1.165) is 19.5 Å². The highest BCUT2D eigenvalue weighted by molar-refractivity contribution is 5.69. The predicted molar refractivity (Wildman–Crippen MR) is 83.0 cm³/mol. The Kier molecular flexibility index (Phi) is 8.15. The summed E-state index contributed by atoms with van der Waals surface area (Å²) in [6.07, 6.45) is 8.90. The highest BCUT2D eigenvalue weighted by Gasteiger charge is 2.23. The Balaban J connectivity index is 2.54. The molecule has 1 fully saturated rings. The van der Waals surface area contributed by atoms with Crippen molar-refractivity contribution in [2.75, 3.05) is 33.7 Å². The molecule has 0 radical (unpaired) electrons. The second-order valence-corrected chi connectivity index (χ2v) is 6.54. The standard InChI is InChI=1S/C16H32N2O2/c1-14(16(19)20)13-18(12-8-11-17(2)3)15-9-6-4-5-7-10-15/h14-15H,4-13H2,1-3H3,(H,19,20). The molecule has 1 aliphatic rings. The van der Waals surface area contributed by atoms with Gasteiger partial charge in [0.2, 0.25) is 0 Å². The van der Waals surface area contributed by atoms with Gasteiger partial charge in [0.1, 0.15) is 0 Å². The maximum Gasteiger partial charge on any atom is 0.307 e. The molecule has 1 aliphatic carbocycles. The Morgan fingerprint density at radius 3 is 2.25 bits per heavy atom. The molecule has 1 atom stereocenters. The number of nitrogens with zero attached hydrogens (tertiary/aromatic N) is 2. The summed E-state index contributed by atoms with van der Waals surface area (Å²) in [7, 11) is 4.19. The highest BCUT2D eigenvalue weighted by Crippen LogP contribution is 2.23. The monoisotopic (exact) mass is 284 g/mol. The fourth-order valence-electron chi connectivity index (χ4n) is 3.07. The fourth-order valence-corrected chi connectivity index (χ4v) is 3.07. The number of aliphatic carboxylic acids is 1. The second-order valence-electron chi connectivity index (χ2n) is 6.54. The molecule has 0 aromatic heterocycles. The molecular weight excluding hydrogens is 252 g/mol. The van der Waals surface area contributed by atoms with Crippen LogP contribution < -0.4 is 0 Å². The van der Waals surface area contributed by atoms with Crippen LogP contribution in [-0.2, 0) is 4.79 Å². The first-order valence-corrected chi connectivity index (χ1v) is 8.12. The van der Waals surface area contributed by atoms with Gasteiger partial charge in [-0.15, -0.1) is 0 Å². The summed E-state index contributed by atoms with van der Waals surface area (Å²) < 4.78 is 0. The molecule has 0 aromatic rings. The van der Waals surface area contributed by atoms with Gasteiger partial charge in [0.25, 0.3) is 0 Å². The Labute approximate surface area is 124 Å². The molecule has 1 N–H and O–H groups in total. The zero-order valence-electron chi connectivity index (χ0n) is 13.5. The molecule has 4 heteroatoms. The summed E-state index contributed by atoms with van der Waals surface area (Å²) >= 11 is 0. The number of carboxylic acids is 1. The van der Waals surface area contributed by atoms with Gasteiger partial charge >= 0.3 is 5.97 Å². The number of carboxylic acid groups (broad SMARTS) is 1. The van der Waals surface area contributed by atoms with Crippen molar-refractivity contribution in [3.05, 3.63) is 0 Å². The lowest BCUT2D eigenvalue weighted by molar-refractivity contribution is -0.142. The first-order chi connectivity index (χ1) is 9.50. The number of rotatable bonds is 8. The van der Waals surface area contributed by atoms with Crippen molar-refractivity contribution in [2.45, 2.75) is 57.9 Å². The van der Waals surface area contributed by atoms with Crippen molar-refractivity contribution in [1.82, 2.24) is 9.80 Å². The van der Waals surface area contributed by atoms with E-state index >= 15 is 0 Å².